The summed E-state index contributed by atoms with van der Waals surface area (Å²) in [5.41, 5.74) is 2.06. The van der Waals surface area contributed by atoms with Gasteiger partial charge in [0.2, 0.25) is 0 Å². The molecular formula is C16H19BrN2O5. The lowest BCUT2D eigenvalue weighted by Crippen LogP contribution is -2.67. The summed E-state index contributed by atoms with van der Waals surface area (Å²) in [5, 5.41) is 40.6. The summed E-state index contributed by atoms with van der Waals surface area (Å²) in [4.78, 5) is 5.46. The largest absolute Gasteiger partial charge is 0.390 e. The van der Waals surface area contributed by atoms with E-state index in [4.69, 9.17) is 9.57 Å². The number of nitriles is 1. The van der Waals surface area contributed by atoms with Crippen LogP contribution in [0.5, 0.6) is 0 Å². The standard InChI is InChI=1S/C16H19BrN2O5/c17-16-7-12(20)13(21)15(14(22)24-16,6-11(16)8-18)19-23-9-10-4-2-1-3-5-10/h1-5,11-14,19-22H,6-7,9H2/t11-,12+,13-,14-,15?,16-/m1/s1. The van der Waals surface area contributed by atoms with Crippen LogP contribution in [0.15, 0.2) is 30.3 Å². The zero-order valence-corrected chi connectivity index (χ0v) is 14.4. The number of hydrogen-bond acceptors (Lipinski definition) is 7. The average Bonchev–Trinajstić information content (AvgIpc) is 2.68. The number of nitrogens with one attached hydrogen (secondary N) is 1. The van der Waals surface area contributed by atoms with Crippen LogP contribution in [0.2, 0.25) is 0 Å². The Kier molecular flexibility index (Phi) is 4.95. The van der Waals surface area contributed by atoms with Crippen LogP contribution in [0.3, 0.4) is 0 Å². The van der Waals surface area contributed by atoms with Crippen molar-refractivity contribution in [2.45, 2.75) is 48.0 Å². The fourth-order valence-corrected chi connectivity index (χ4v) is 4.06. The second-order valence-corrected chi connectivity index (χ2v) is 7.62. The molecule has 130 valence electrons. The maximum absolute atomic E-state index is 10.5. The number of aliphatic hydroxyl groups excluding tert-OH is 3. The number of hydroxylamine groups is 1. The van der Waals surface area contributed by atoms with Gasteiger partial charge in [0.25, 0.3) is 0 Å². The minimum atomic E-state index is -1.50. The molecule has 1 aromatic rings. The molecule has 0 amide bonds. The van der Waals surface area contributed by atoms with E-state index in [1.54, 1.807) is 0 Å². The zero-order valence-electron chi connectivity index (χ0n) is 12.8. The minimum Gasteiger partial charge on any atom is -0.390 e. The third kappa shape index (κ3) is 2.97. The van der Waals surface area contributed by atoms with Crippen LogP contribution >= 0.6 is 15.9 Å². The van der Waals surface area contributed by atoms with E-state index in [-0.39, 0.29) is 19.4 Å². The quantitative estimate of drug-likeness (QED) is 0.432. The lowest BCUT2D eigenvalue weighted by atomic mass is 9.81. The van der Waals surface area contributed by atoms with E-state index in [9.17, 15) is 20.6 Å². The third-order valence-electron chi connectivity index (χ3n) is 4.69. The van der Waals surface area contributed by atoms with Gasteiger partial charge in [-0.2, -0.15) is 10.7 Å². The number of nitrogens with zero attached hydrogens (tertiary/aromatic N) is 1. The molecule has 24 heavy (non-hydrogen) atoms. The van der Waals surface area contributed by atoms with E-state index in [1.807, 2.05) is 30.3 Å². The van der Waals surface area contributed by atoms with Crippen molar-refractivity contribution >= 4 is 15.9 Å². The molecule has 4 N–H and O–H groups in total. The molecule has 0 aromatic heterocycles. The Bertz CT molecular complexity index is 627. The predicted molar refractivity (Wildman–Crippen MR) is 86.2 cm³/mol. The van der Waals surface area contributed by atoms with Crippen LogP contribution in [0.25, 0.3) is 0 Å². The van der Waals surface area contributed by atoms with Crippen LogP contribution in [0.1, 0.15) is 18.4 Å². The number of ether oxygens (including phenoxy) is 1. The topological polar surface area (TPSA) is 115 Å². The van der Waals surface area contributed by atoms with Crippen molar-refractivity contribution in [1.29, 1.82) is 5.26 Å². The number of alkyl halides is 1. The maximum Gasteiger partial charge on any atom is 0.179 e. The molecular weight excluding hydrogens is 380 g/mol. The van der Waals surface area contributed by atoms with Crippen molar-refractivity contribution in [3.63, 3.8) is 0 Å². The molecule has 0 spiro atoms. The third-order valence-corrected chi connectivity index (χ3v) is 5.75. The van der Waals surface area contributed by atoms with Gasteiger partial charge < -0.3 is 20.1 Å². The van der Waals surface area contributed by atoms with Gasteiger partial charge in [0.15, 0.2) is 6.29 Å². The SMILES string of the molecule is N#C[C@H]1CC2(NOCc3ccccc3)[C@H](O)O[C@]1(Br)C[C@H](O)[C@H]2O. The number of halogens is 1. The summed E-state index contributed by atoms with van der Waals surface area (Å²) in [6.07, 6.45) is -3.97. The van der Waals surface area contributed by atoms with Crippen LogP contribution in [0, 0.1) is 17.2 Å². The molecule has 1 unspecified atom stereocenters. The van der Waals surface area contributed by atoms with Crippen LogP contribution < -0.4 is 5.48 Å². The van der Waals surface area contributed by atoms with Gasteiger partial charge in [0.05, 0.1) is 24.7 Å². The summed E-state index contributed by atoms with van der Waals surface area (Å²) in [6, 6.07) is 11.5. The van der Waals surface area contributed by atoms with Gasteiger partial charge in [-0.25, -0.2) is 0 Å². The Morgan fingerprint density at radius 2 is 2.00 bits per heavy atom. The number of hydrogen-bond donors (Lipinski definition) is 4. The van der Waals surface area contributed by atoms with Crippen molar-refractivity contribution in [2.75, 3.05) is 0 Å². The van der Waals surface area contributed by atoms with E-state index in [0.717, 1.165) is 5.56 Å². The second-order valence-electron chi connectivity index (χ2n) is 6.28. The highest BCUT2D eigenvalue weighted by Gasteiger charge is 2.64. The first-order valence-electron chi connectivity index (χ1n) is 7.65. The van der Waals surface area contributed by atoms with Gasteiger partial charge in [-0.3, -0.25) is 4.84 Å². The smallest absolute Gasteiger partial charge is 0.179 e. The highest BCUT2D eigenvalue weighted by atomic mass is 79.9. The molecule has 1 saturated carbocycles. The van der Waals surface area contributed by atoms with Crippen LogP contribution in [0.4, 0.5) is 0 Å². The normalized spacial score (nSPS) is 41.6. The molecule has 0 radical (unpaired) electrons. The summed E-state index contributed by atoms with van der Waals surface area (Å²) < 4.78 is 4.33. The van der Waals surface area contributed by atoms with E-state index in [1.165, 1.54) is 0 Å². The fraction of sp³-hybridized carbons (Fsp3) is 0.562. The number of fused-ring (bicyclic) bond motifs is 4. The van der Waals surface area contributed by atoms with Crippen molar-refractivity contribution < 1.29 is 24.9 Å². The van der Waals surface area contributed by atoms with Gasteiger partial charge in [-0.15, -0.1) is 0 Å². The highest BCUT2D eigenvalue weighted by molar-refractivity contribution is 9.10. The molecule has 6 atom stereocenters. The van der Waals surface area contributed by atoms with Gasteiger partial charge in [0, 0.05) is 6.42 Å². The average molecular weight is 399 g/mol. The highest BCUT2D eigenvalue weighted by Crippen LogP contribution is 2.50. The van der Waals surface area contributed by atoms with Gasteiger partial charge in [0.1, 0.15) is 16.2 Å². The first-order valence-corrected chi connectivity index (χ1v) is 8.44. The molecule has 7 nitrogen and oxygen atoms in total. The number of aliphatic hydroxyl groups is 3. The van der Waals surface area contributed by atoms with Crippen molar-refractivity contribution in [3.05, 3.63) is 35.9 Å². The molecule has 1 aliphatic carbocycles. The molecule has 2 aliphatic heterocycles. The summed E-state index contributed by atoms with van der Waals surface area (Å²) in [6.45, 7) is 0.189. The number of rotatable bonds is 4. The minimum absolute atomic E-state index is 0.0223. The first-order chi connectivity index (χ1) is 11.4. The van der Waals surface area contributed by atoms with Crippen molar-refractivity contribution in [3.8, 4) is 6.07 Å². The van der Waals surface area contributed by atoms with Gasteiger partial charge in [-0.05, 0) is 12.0 Å². The van der Waals surface area contributed by atoms with Gasteiger partial charge in [-0.1, -0.05) is 46.3 Å². The molecule has 3 aliphatic rings. The summed E-state index contributed by atoms with van der Waals surface area (Å²) in [5.74, 6) is -0.680. The van der Waals surface area contributed by atoms with E-state index >= 15 is 0 Å². The second kappa shape index (κ2) is 6.69. The Morgan fingerprint density at radius 3 is 2.67 bits per heavy atom. The van der Waals surface area contributed by atoms with E-state index in [2.05, 4.69) is 27.5 Å². The lowest BCUT2D eigenvalue weighted by molar-refractivity contribution is -0.264. The molecule has 2 heterocycles. The Morgan fingerprint density at radius 1 is 1.29 bits per heavy atom. The molecule has 2 saturated heterocycles. The molecule has 3 fully saturated rings. The zero-order chi connectivity index (χ0) is 17.4. The van der Waals surface area contributed by atoms with E-state index < -0.39 is 34.5 Å². The Hall–Kier alpha value is -1.05. The van der Waals surface area contributed by atoms with Crippen molar-refractivity contribution in [2.24, 2.45) is 5.92 Å². The summed E-state index contributed by atoms with van der Waals surface area (Å²) in [7, 11) is 0. The molecule has 2 bridgehead atoms. The molecule has 8 heteroatoms. The number of benzene rings is 1. The first kappa shape index (κ1) is 17.8. The lowest BCUT2D eigenvalue weighted by Gasteiger charge is -2.47. The summed E-state index contributed by atoms with van der Waals surface area (Å²) >= 11 is 3.30. The van der Waals surface area contributed by atoms with Crippen molar-refractivity contribution in [1.82, 2.24) is 5.48 Å². The Labute approximate surface area is 147 Å². The monoisotopic (exact) mass is 398 g/mol. The van der Waals surface area contributed by atoms with Gasteiger partial charge >= 0.3 is 0 Å². The van der Waals surface area contributed by atoms with Crippen LogP contribution in [-0.2, 0) is 16.2 Å². The molecule has 1 aromatic carbocycles. The van der Waals surface area contributed by atoms with Crippen LogP contribution in [-0.4, -0.2) is 43.9 Å². The predicted octanol–water partition coefficient (Wildman–Crippen LogP) is 0.542. The fourth-order valence-electron chi connectivity index (χ4n) is 3.28. The molecule has 4 rings (SSSR count). The Balaban J connectivity index is 1.81. The van der Waals surface area contributed by atoms with E-state index in [0.29, 0.717) is 0 Å². The maximum atomic E-state index is 10.5.